The Bertz CT molecular complexity index is 239. The van der Waals surface area contributed by atoms with Crippen LogP contribution in [0.25, 0.3) is 0 Å². The normalized spacial score (nSPS) is 9.83. The van der Waals surface area contributed by atoms with Crippen molar-refractivity contribution in [2.45, 2.75) is 13.8 Å². The molecule has 0 N–H and O–H groups in total. The molecule has 0 aliphatic carbocycles. The van der Waals surface area contributed by atoms with Crippen LogP contribution in [0.15, 0.2) is 16.8 Å². The minimum atomic E-state index is 0.140. The Kier molecular flexibility index (Phi) is 3.29. The van der Waals surface area contributed by atoms with E-state index in [4.69, 9.17) is 0 Å². The van der Waals surface area contributed by atoms with E-state index in [1.54, 1.807) is 11.3 Å². The first kappa shape index (κ1) is 9.26. The maximum absolute atomic E-state index is 11.6. The molecule has 0 aliphatic heterocycles. The third-order valence-electron chi connectivity index (χ3n) is 1.82. The van der Waals surface area contributed by atoms with Crippen molar-refractivity contribution in [1.29, 1.82) is 0 Å². The summed E-state index contributed by atoms with van der Waals surface area (Å²) in [5, 5.41) is 3.82. The van der Waals surface area contributed by atoms with Gasteiger partial charge in [0, 0.05) is 18.5 Å². The summed E-state index contributed by atoms with van der Waals surface area (Å²) in [6.45, 7) is 5.55. The van der Waals surface area contributed by atoms with Crippen molar-refractivity contribution in [3.05, 3.63) is 22.4 Å². The highest BCUT2D eigenvalue weighted by Crippen LogP contribution is 2.08. The SMILES string of the molecule is CCN(CC)C(=O)c1ccsc1. The number of thiophene rings is 1. The molecule has 2 nitrogen and oxygen atoms in total. The Hall–Kier alpha value is -0.830. The van der Waals surface area contributed by atoms with Crippen molar-refractivity contribution in [3.63, 3.8) is 0 Å². The van der Waals surface area contributed by atoms with Gasteiger partial charge in [-0.25, -0.2) is 0 Å². The molecule has 0 unspecified atom stereocenters. The van der Waals surface area contributed by atoms with Crippen molar-refractivity contribution in [2.75, 3.05) is 13.1 Å². The summed E-state index contributed by atoms with van der Waals surface area (Å²) in [5.74, 6) is 0.140. The number of carbonyl (C=O) groups is 1. The van der Waals surface area contributed by atoms with Crippen LogP contribution in [-0.2, 0) is 0 Å². The molecule has 0 atom stereocenters. The average molecular weight is 183 g/mol. The zero-order chi connectivity index (χ0) is 8.97. The smallest absolute Gasteiger partial charge is 0.254 e. The Balaban J connectivity index is 2.70. The molecule has 66 valence electrons. The van der Waals surface area contributed by atoms with Crippen molar-refractivity contribution in [2.24, 2.45) is 0 Å². The number of nitrogens with zero attached hydrogens (tertiary/aromatic N) is 1. The molecule has 0 aliphatic rings. The fourth-order valence-electron chi connectivity index (χ4n) is 1.08. The number of hydrogen-bond donors (Lipinski definition) is 0. The van der Waals surface area contributed by atoms with E-state index in [0.29, 0.717) is 0 Å². The summed E-state index contributed by atoms with van der Waals surface area (Å²) in [5.41, 5.74) is 0.809. The van der Waals surface area contributed by atoms with Crippen LogP contribution in [-0.4, -0.2) is 23.9 Å². The van der Waals surface area contributed by atoms with Gasteiger partial charge in [0.1, 0.15) is 0 Å². The molecule has 0 bridgehead atoms. The van der Waals surface area contributed by atoms with Gasteiger partial charge in [-0.2, -0.15) is 11.3 Å². The fraction of sp³-hybridized carbons (Fsp3) is 0.444. The average Bonchev–Trinajstić information content (AvgIpc) is 2.58. The lowest BCUT2D eigenvalue weighted by Crippen LogP contribution is -2.29. The summed E-state index contributed by atoms with van der Waals surface area (Å²) in [4.78, 5) is 13.4. The van der Waals surface area contributed by atoms with E-state index < -0.39 is 0 Å². The van der Waals surface area contributed by atoms with Gasteiger partial charge < -0.3 is 4.90 Å². The van der Waals surface area contributed by atoms with Crippen LogP contribution in [0.5, 0.6) is 0 Å². The fourth-order valence-corrected chi connectivity index (χ4v) is 1.71. The van der Waals surface area contributed by atoms with Crippen molar-refractivity contribution >= 4 is 17.2 Å². The summed E-state index contributed by atoms with van der Waals surface area (Å²) in [6, 6.07) is 1.87. The molecule has 0 fully saturated rings. The molecule has 1 rings (SSSR count). The number of amides is 1. The molecule has 0 spiro atoms. The third kappa shape index (κ3) is 1.85. The molecule has 0 aromatic carbocycles. The number of rotatable bonds is 3. The molecule has 1 heterocycles. The maximum atomic E-state index is 11.6. The summed E-state index contributed by atoms with van der Waals surface area (Å²) in [6.07, 6.45) is 0. The highest BCUT2D eigenvalue weighted by Gasteiger charge is 2.11. The minimum absolute atomic E-state index is 0.140. The van der Waals surface area contributed by atoms with Crippen LogP contribution < -0.4 is 0 Å². The first-order chi connectivity index (χ1) is 5.79. The highest BCUT2D eigenvalue weighted by molar-refractivity contribution is 7.08. The predicted octanol–water partition coefficient (Wildman–Crippen LogP) is 2.23. The van der Waals surface area contributed by atoms with E-state index in [0.717, 1.165) is 18.7 Å². The van der Waals surface area contributed by atoms with Crippen LogP contribution in [0.4, 0.5) is 0 Å². The van der Waals surface area contributed by atoms with Gasteiger partial charge in [0.05, 0.1) is 5.56 Å². The molecule has 0 radical (unpaired) electrons. The van der Waals surface area contributed by atoms with Gasteiger partial charge in [-0.1, -0.05) is 0 Å². The zero-order valence-corrected chi connectivity index (χ0v) is 8.23. The molecule has 0 saturated heterocycles. The second kappa shape index (κ2) is 4.26. The predicted molar refractivity (Wildman–Crippen MR) is 51.6 cm³/mol. The van der Waals surface area contributed by atoms with Crippen LogP contribution in [0.2, 0.25) is 0 Å². The quantitative estimate of drug-likeness (QED) is 0.703. The molecule has 3 heteroatoms. The van der Waals surface area contributed by atoms with Gasteiger partial charge in [0.15, 0.2) is 0 Å². The largest absolute Gasteiger partial charge is 0.339 e. The molecular weight excluding hydrogens is 170 g/mol. The lowest BCUT2D eigenvalue weighted by molar-refractivity contribution is 0.0773. The standard InChI is InChI=1S/C9H13NOS/c1-3-10(4-2)9(11)8-5-6-12-7-8/h5-7H,3-4H2,1-2H3. The van der Waals surface area contributed by atoms with Gasteiger partial charge in [0.25, 0.3) is 5.91 Å². The molecule has 1 amide bonds. The Morgan fingerprint density at radius 3 is 2.58 bits per heavy atom. The van der Waals surface area contributed by atoms with E-state index in [1.165, 1.54) is 0 Å². The third-order valence-corrected chi connectivity index (χ3v) is 2.50. The van der Waals surface area contributed by atoms with Gasteiger partial charge in [-0.3, -0.25) is 4.79 Å². The van der Waals surface area contributed by atoms with Crippen molar-refractivity contribution in [1.82, 2.24) is 4.90 Å². The Morgan fingerprint density at radius 2 is 2.17 bits per heavy atom. The summed E-state index contributed by atoms with van der Waals surface area (Å²) < 4.78 is 0. The summed E-state index contributed by atoms with van der Waals surface area (Å²) in [7, 11) is 0. The van der Waals surface area contributed by atoms with Gasteiger partial charge in [-0.05, 0) is 25.3 Å². The van der Waals surface area contributed by atoms with Gasteiger partial charge in [0.2, 0.25) is 0 Å². The first-order valence-electron chi connectivity index (χ1n) is 4.11. The van der Waals surface area contributed by atoms with E-state index in [1.807, 2.05) is 35.6 Å². The Labute approximate surface area is 76.8 Å². The second-order valence-corrected chi connectivity index (χ2v) is 3.27. The zero-order valence-electron chi connectivity index (χ0n) is 7.41. The van der Waals surface area contributed by atoms with Crippen LogP contribution >= 0.6 is 11.3 Å². The first-order valence-corrected chi connectivity index (χ1v) is 5.05. The van der Waals surface area contributed by atoms with Crippen LogP contribution in [0.1, 0.15) is 24.2 Å². The van der Waals surface area contributed by atoms with Crippen molar-refractivity contribution < 1.29 is 4.79 Å². The molecular formula is C9H13NOS. The lowest BCUT2D eigenvalue weighted by atomic mass is 10.3. The van der Waals surface area contributed by atoms with E-state index in [-0.39, 0.29) is 5.91 Å². The van der Waals surface area contributed by atoms with Crippen LogP contribution in [0, 0.1) is 0 Å². The second-order valence-electron chi connectivity index (χ2n) is 2.49. The van der Waals surface area contributed by atoms with Crippen LogP contribution in [0.3, 0.4) is 0 Å². The van der Waals surface area contributed by atoms with Crippen molar-refractivity contribution in [3.8, 4) is 0 Å². The monoisotopic (exact) mass is 183 g/mol. The van der Waals surface area contributed by atoms with Gasteiger partial charge in [-0.15, -0.1) is 0 Å². The van der Waals surface area contributed by atoms with E-state index in [2.05, 4.69) is 0 Å². The lowest BCUT2D eigenvalue weighted by Gasteiger charge is -2.17. The van der Waals surface area contributed by atoms with Gasteiger partial charge >= 0.3 is 0 Å². The number of carbonyl (C=O) groups excluding carboxylic acids is 1. The molecule has 1 aromatic rings. The Morgan fingerprint density at radius 1 is 1.50 bits per heavy atom. The van der Waals surface area contributed by atoms with E-state index >= 15 is 0 Å². The maximum Gasteiger partial charge on any atom is 0.254 e. The minimum Gasteiger partial charge on any atom is -0.339 e. The van der Waals surface area contributed by atoms with E-state index in [9.17, 15) is 4.79 Å². The number of hydrogen-bond acceptors (Lipinski definition) is 2. The summed E-state index contributed by atoms with van der Waals surface area (Å²) >= 11 is 1.56. The molecule has 12 heavy (non-hydrogen) atoms. The molecule has 0 saturated carbocycles. The molecule has 1 aromatic heterocycles. The topological polar surface area (TPSA) is 20.3 Å². The highest BCUT2D eigenvalue weighted by atomic mass is 32.1.